The summed E-state index contributed by atoms with van der Waals surface area (Å²) < 4.78 is 7.29. The first-order valence-electron chi connectivity index (χ1n) is 22.6. The lowest BCUT2D eigenvalue weighted by Gasteiger charge is -2.30. The van der Waals surface area contributed by atoms with Gasteiger partial charge in [-0.25, -0.2) is 0 Å². The largest absolute Gasteiger partial charge is 0.334 e. The third-order valence-electron chi connectivity index (χ3n) is 14.3. The van der Waals surface area contributed by atoms with Gasteiger partial charge in [-0.15, -0.1) is 0 Å². The summed E-state index contributed by atoms with van der Waals surface area (Å²) in [5.41, 5.74) is 17.3. The zero-order valence-electron chi connectivity index (χ0n) is 35.1. The van der Waals surface area contributed by atoms with Crippen molar-refractivity contribution in [2.75, 3.05) is 4.90 Å². The molecule has 64 heavy (non-hydrogen) atoms. The van der Waals surface area contributed by atoms with Crippen molar-refractivity contribution < 1.29 is 0 Å². The number of aromatic nitrogens is 3. The zero-order valence-corrected chi connectivity index (χ0v) is 35.1. The van der Waals surface area contributed by atoms with Crippen LogP contribution in [0, 0.1) is 5.92 Å². The second-order valence-corrected chi connectivity index (χ2v) is 17.6. The first-order chi connectivity index (χ1) is 31.8. The number of benzene rings is 8. The molecule has 0 bridgehead atoms. The third-order valence-corrected chi connectivity index (χ3v) is 14.3. The van der Waals surface area contributed by atoms with Crippen LogP contribution >= 0.6 is 0 Å². The Labute approximate surface area is 370 Å². The van der Waals surface area contributed by atoms with Gasteiger partial charge in [0, 0.05) is 66.7 Å². The van der Waals surface area contributed by atoms with E-state index in [9.17, 15) is 0 Å². The van der Waals surface area contributed by atoms with Crippen molar-refractivity contribution in [1.82, 2.24) is 13.7 Å². The topological polar surface area (TPSA) is 18.0 Å². The molecule has 4 heterocycles. The summed E-state index contributed by atoms with van der Waals surface area (Å²) >= 11 is 0. The lowest BCUT2D eigenvalue weighted by Crippen LogP contribution is -2.32. The van der Waals surface area contributed by atoms with Gasteiger partial charge in [0.25, 0.3) is 0 Å². The van der Waals surface area contributed by atoms with Crippen LogP contribution < -0.4 is 4.90 Å². The summed E-state index contributed by atoms with van der Waals surface area (Å²) in [5, 5.41) is 7.58. The number of allylic oxidation sites excluding steroid dienone is 4. The molecule has 1 aliphatic heterocycles. The average Bonchev–Trinajstić information content (AvgIpc) is 4.09. The van der Waals surface area contributed by atoms with Crippen molar-refractivity contribution in [3.8, 4) is 28.2 Å². The van der Waals surface area contributed by atoms with Gasteiger partial charge in [0.1, 0.15) is 0 Å². The molecule has 0 N–H and O–H groups in total. The molecule has 2 aliphatic carbocycles. The van der Waals surface area contributed by atoms with Crippen LogP contribution in [-0.2, 0) is 0 Å². The average molecular weight is 819 g/mol. The van der Waals surface area contributed by atoms with Crippen LogP contribution in [0.5, 0.6) is 0 Å². The van der Waals surface area contributed by atoms with Crippen molar-refractivity contribution in [3.63, 3.8) is 0 Å². The number of anilines is 1. The molecule has 11 aromatic rings. The Hall–Kier alpha value is -8.08. The molecule has 14 rings (SSSR count). The smallest absolute Gasteiger partial charge is 0.0626 e. The molecule has 4 nitrogen and oxygen atoms in total. The molecular weight excluding hydrogens is 777 g/mol. The molecule has 8 aromatic carbocycles. The Kier molecular flexibility index (Phi) is 7.61. The fourth-order valence-corrected chi connectivity index (χ4v) is 11.4. The lowest BCUT2D eigenvalue weighted by molar-refractivity contribution is 0.658. The van der Waals surface area contributed by atoms with Crippen molar-refractivity contribution in [1.29, 1.82) is 0 Å². The summed E-state index contributed by atoms with van der Waals surface area (Å²) in [7, 11) is 0. The monoisotopic (exact) mass is 818 g/mol. The maximum Gasteiger partial charge on any atom is 0.0626 e. The summed E-state index contributed by atoms with van der Waals surface area (Å²) in [6, 6.07) is 67.7. The number of hydrogen-bond donors (Lipinski definition) is 0. The second kappa shape index (κ2) is 13.7. The molecular formula is C60H42N4. The van der Waals surface area contributed by atoms with Crippen LogP contribution in [0.2, 0.25) is 0 Å². The zero-order chi connectivity index (χ0) is 41.9. The van der Waals surface area contributed by atoms with Gasteiger partial charge < -0.3 is 18.6 Å². The van der Waals surface area contributed by atoms with E-state index in [1.165, 1.54) is 87.9 Å². The molecule has 2 unspecified atom stereocenters. The van der Waals surface area contributed by atoms with Gasteiger partial charge in [-0.1, -0.05) is 140 Å². The van der Waals surface area contributed by atoms with Crippen LogP contribution in [-0.4, -0.2) is 19.7 Å². The molecule has 3 aromatic heterocycles. The first-order valence-corrected chi connectivity index (χ1v) is 22.6. The van der Waals surface area contributed by atoms with Gasteiger partial charge >= 0.3 is 0 Å². The van der Waals surface area contributed by atoms with Crippen molar-refractivity contribution in [2.24, 2.45) is 5.92 Å². The maximum absolute atomic E-state index is 2.58. The predicted octanol–water partition coefficient (Wildman–Crippen LogP) is 15.2. The van der Waals surface area contributed by atoms with Gasteiger partial charge in [-0.3, -0.25) is 0 Å². The Morgan fingerprint density at radius 3 is 1.33 bits per heavy atom. The van der Waals surface area contributed by atoms with E-state index in [1.54, 1.807) is 5.57 Å². The van der Waals surface area contributed by atoms with Crippen molar-refractivity contribution >= 4 is 71.1 Å². The second-order valence-electron chi connectivity index (χ2n) is 17.6. The number of para-hydroxylation sites is 4. The summed E-state index contributed by atoms with van der Waals surface area (Å²) in [5.74, 6) is 0.431. The highest BCUT2D eigenvalue weighted by Gasteiger charge is 2.39. The third kappa shape index (κ3) is 5.11. The molecule has 0 spiro atoms. The predicted molar refractivity (Wildman–Crippen MR) is 268 cm³/mol. The Morgan fingerprint density at radius 2 is 0.797 bits per heavy atom. The Morgan fingerprint density at radius 1 is 0.375 bits per heavy atom. The van der Waals surface area contributed by atoms with E-state index in [1.807, 2.05) is 0 Å². The SMILES string of the molecule is C1=CC2C3=C(C=CCC3)N(c3ccc4c5ccccc5n(-c5ccc(-c6ccc(-n7c8ccccc8c8ccc(-n9c%10ccccc%10c%10ccccc%109)cc87)cc6)cc5)c4c3)C2C=C1. The molecule has 3 aliphatic rings. The highest BCUT2D eigenvalue weighted by molar-refractivity contribution is 6.12. The van der Waals surface area contributed by atoms with E-state index in [4.69, 9.17) is 0 Å². The van der Waals surface area contributed by atoms with E-state index in [0.717, 1.165) is 29.9 Å². The van der Waals surface area contributed by atoms with Crippen LogP contribution in [0.4, 0.5) is 5.69 Å². The molecule has 302 valence electrons. The van der Waals surface area contributed by atoms with Gasteiger partial charge in [0.15, 0.2) is 0 Å². The van der Waals surface area contributed by atoms with Crippen molar-refractivity contribution in [3.05, 3.63) is 230 Å². The van der Waals surface area contributed by atoms with E-state index in [2.05, 4.69) is 237 Å². The van der Waals surface area contributed by atoms with E-state index in [0.29, 0.717) is 12.0 Å². The van der Waals surface area contributed by atoms with Gasteiger partial charge in [0.05, 0.1) is 39.1 Å². The molecule has 0 fully saturated rings. The summed E-state index contributed by atoms with van der Waals surface area (Å²) in [6.07, 6.45) is 16.2. The van der Waals surface area contributed by atoms with E-state index in [-0.39, 0.29) is 0 Å². The van der Waals surface area contributed by atoms with E-state index < -0.39 is 0 Å². The molecule has 0 radical (unpaired) electrons. The van der Waals surface area contributed by atoms with Crippen LogP contribution in [0.25, 0.3) is 93.6 Å². The minimum absolute atomic E-state index is 0.303. The Balaban J connectivity index is 0.844. The van der Waals surface area contributed by atoms with Crippen LogP contribution in [0.15, 0.2) is 230 Å². The number of rotatable bonds is 5. The number of hydrogen-bond acceptors (Lipinski definition) is 1. The lowest BCUT2D eigenvalue weighted by atomic mass is 9.87. The van der Waals surface area contributed by atoms with E-state index >= 15 is 0 Å². The maximum atomic E-state index is 2.58. The van der Waals surface area contributed by atoms with Gasteiger partial charge in [0.2, 0.25) is 0 Å². The normalized spacial score (nSPS) is 17.0. The minimum atomic E-state index is 0.303. The summed E-state index contributed by atoms with van der Waals surface area (Å²) in [4.78, 5) is 2.58. The van der Waals surface area contributed by atoms with Gasteiger partial charge in [-0.05, 0) is 108 Å². The quantitative estimate of drug-likeness (QED) is 0.169. The van der Waals surface area contributed by atoms with Gasteiger partial charge in [-0.2, -0.15) is 0 Å². The molecule has 2 atom stereocenters. The molecule has 0 saturated heterocycles. The molecule has 0 amide bonds. The standard InChI is InChI=1S/C60H42N4/c1-9-21-55-45(13-1)46-14-2-10-22-56(46)63(55)43-33-35-51-49-17-5-7-19-53(49)61(59(51)37-43)41-29-25-39(26-30-41)40-27-31-42(32-28-40)62-54-20-8-6-18-50(54)52-36-34-44(38-60(52)62)64-57-23-11-3-15-47(57)48-16-4-12-24-58(48)64/h1-3,5-15,17-38,47,57H,4,16H2. The van der Waals surface area contributed by atoms with Crippen LogP contribution in [0.1, 0.15) is 12.8 Å². The molecule has 0 saturated carbocycles. The summed E-state index contributed by atoms with van der Waals surface area (Å²) in [6.45, 7) is 0. The minimum Gasteiger partial charge on any atom is -0.334 e. The highest BCUT2D eigenvalue weighted by Crippen LogP contribution is 2.46. The fraction of sp³-hybridized carbons (Fsp3) is 0.0667. The highest BCUT2D eigenvalue weighted by atomic mass is 15.2. The molecule has 4 heteroatoms. The number of nitrogens with zero attached hydrogens (tertiary/aromatic N) is 4. The number of fused-ring (bicyclic) bond motifs is 11. The first kappa shape index (κ1) is 35.5. The van der Waals surface area contributed by atoms with Crippen molar-refractivity contribution in [2.45, 2.75) is 18.9 Å². The fourth-order valence-electron chi connectivity index (χ4n) is 11.4. The Bertz CT molecular complexity index is 3790. The van der Waals surface area contributed by atoms with Crippen LogP contribution in [0.3, 0.4) is 0 Å².